The van der Waals surface area contributed by atoms with Crippen molar-refractivity contribution in [3.63, 3.8) is 0 Å². The third kappa shape index (κ3) is 5.00. The number of aryl methyl sites for hydroxylation is 2. The summed E-state index contributed by atoms with van der Waals surface area (Å²) < 4.78 is 28.2. The predicted octanol–water partition coefficient (Wildman–Crippen LogP) is 3.77. The number of aromatic nitrogens is 1. The number of carbonyl (C=O) groups excluding carboxylic acids is 1. The van der Waals surface area contributed by atoms with Gasteiger partial charge in [0.25, 0.3) is 15.9 Å². The quantitative estimate of drug-likeness (QED) is 0.672. The summed E-state index contributed by atoms with van der Waals surface area (Å²) >= 11 is 0. The van der Waals surface area contributed by atoms with Gasteiger partial charge in [0.15, 0.2) is 0 Å². The Morgan fingerprint density at radius 2 is 1.76 bits per heavy atom. The Morgan fingerprint density at radius 1 is 1.03 bits per heavy atom. The lowest BCUT2D eigenvalue weighted by Gasteiger charge is -2.18. The number of carbonyl (C=O) groups is 1. The van der Waals surface area contributed by atoms with Gasteiger partial charge >= 0.3 is 0 Å². The Kier molecular flexibility index (Phi) is 5.98. The SMILES string of the molecule is Cc1ccc(C)c(S(=O)(=O)Nc2cccc(C(=O)N(C)Cc3ccncc3)c2)c1. The molecule has 29 heavy (non-hydrogen) atoms. The number of nitrogens with zero attached hydrogens (tertiary/aromatic N) is 2. The Morgan fingerprint density at radius 3 is 2.48 bits per heavy atom. The van der Waals surface area contributed by atoms with Crippen LogP contribution in [0.2, 0.25) is 0 Å². The molecule has 0 fully saturated rings. The van der Waals surface area contributed by atoms with E-state index in [-0.39, 0.29) is 10.8 Å². The number of hydrogen-bond donors (Lipinski definition) is 1. The maximum absolute atomic E-state index is 12.8. The van der Waals surface area contributed by atoms with Gasteiger partial charge in [0.1, 0.15) is 0 Å². The lowest BCUT2D eigenvalue weighted by atomic mass is 10.1. The van der Waals surface area contributed by atoms with Crippen LogP contribution in [-0.2, 0) is 16.6 Å². The fourth-order valence-corrected chi connectivity index (χ4v) is 4.36. The molecule has 0 aliphatic carbocycles. The highest BCUT2D eigenvalue weighted by molar-refractivity contribution is 7.92. The van der Waals surface area contributed by atoms with Gasteiger partial charge in [-0.3, -0.25) is 14.5 Å². The summed E-state index contributed by atoms with van der Waals surface area (Å²) in [5.41, 5.74) is 3.23. The van der Waals surface area contributed by atoms with Crippen LogP contribution in [-0.4, -0.2) is 31.3 Å². The van der Waals surface area contributed by atoms with E-state index < -0.39 is 10.0 Å². The maximum Gasteiger partial charge on any atom is 0.262 e. The van der Waals surface area contributed by atoms with Crippen molar-refractivity contribution < 1.29 is 13.2 Å². The molecule has 1 aromatic heterocycles. The largest absolute Gasteiger partial charge is 0.337 e. The van der Waals surface area contributed by atoms with E-state index in [2.05, 4.69) is 9.71 Å². The first-order chi connectivity index (χ1) is 13.8. The molecule has 0 radical (unpaired) electrons. The Bertz CT molecular complexity index is 1130. The second-order valence-corrected chi connectivity index (χ2v) is 8.62. The van der Waals surface area contributed by atoms with E-state index in [0.29, 0.717) is 23.4 Å². The van der Waals surface area contributed by atoms with Gasteiger partial charge in [0.2, 0.25) is 0 Å². The second kappa shape index (κ2) is 8.45. The summed E-state index contributed by atoms with van der Waals surface area (Å²) in [5.74, 6) is -0.199. The Hall–Kier alpha value is -3.19. The van der Waals surface area contributed by atoms with Crippen LogP contribution in [0.1, 0.15) is 27.0 Å². The number of hydrogen-bond acceptors (Lipinski definition) is 4. The zero-order chi connectivity index (χ0) is 21.0. The standard InChI is InChI=1S/C22H23N3O3S/c1-16-7-8-17(2)21(13-16)29(27,28)24-20-6-4-5-19(14-20)22(26)25(3)15-18-9-11-23-12-10-18/h4-14,24H,15H2,1-3H3. The minimum atomic E-state index is -3.76. The fourth-order valence-electron chi connectivity index (χ4n) is 2.98. The van der Waals surface area contributed by atoms with E-state index in [4.69, 9.17) is 0 Å². The van der Waals surface area contributed by atoms with E-state index in [0.717, 1.165) is 11.1 Å². The van der Waals surface area contributed by atoms with Gasteiger partial charge in [0, 0.05) is 37.2 Å². The molecule has 0 spiro atoms. The molecule has 0 saturated heterocycles. The van der Waals surface area contributed by atoms with Gasteiger partial charge in [-0.2, -0.15) is 0 Å². The molecular formula is C22H23N3O3S. The molecule has 0 aliphatic rings. The van der Waals surface area contributed by atoms with Crippen LogP contribution >= 0.6 is 0 Å². The number of benzene rings is 2. The summed E-state index contributed by atoms with van der Waals surface area (Å²) in [6.07, 6.45) is 3.35. The van der Waals surface area contributed by atoms with E-state index in [1.807, 2.05) is 25.1 Å². The van der Waals surface area contributed by atoms with Crippen molar-refractivity contribution >= 4 is 21.6 Å². The highest BCUT2D eigenvalue weighted by Crippen LogP contribution is 2.22. The number of sulfonamides is 1. The highest BCUT2D eigenvalue weighted by atomic mass is 32.2. The second-order valence-electron chi connectivity index (χ2n) is 6.97. The number of amides is 1. The summed E-state index contributed by atoms with van der Waals surface area (Å²) in [6.45, 7) is 4.03. The molecule has 2 aromatic carbocycles. The van der Waals surface area contributed by atoms with Gasteiger partial charge in [-0.25, -0.2) is 8.42 Å². The minimum Gasteiger partial charge on any atom is -0.337 e. The number of pyridine rings is 1. The van der Waals surface area contributed by atoms with Gasteiger partial charge in [-0.15, -0.1) is 0 Å². The molecule has 0 atom stereocenters. The van der Waals surface area contributed by atoms with E-state index in [1.165, 1.54) is 0 Å². The van der Waals surface area contributed by atoms with Crippen molar-refractivity contribution in [2.45, 2.75) is 25.3 Å². The average molecular weight is 410 g/mol. The van der Waals surface area contributed by atoms with E-state index in [1.54, 1.807) is 67.7 Å². The molecule has 1 N–H and O–H groups in total. The molecule has 0 unspecified atom stereocenters. The van der Waals surface area contributed by atoms with Crippen LogP contribution in [0.25, 0.3) is 0 Å². The number of rotatable bonds is 6. The lowest BCUT2D eigenvalue weighted by Crippen LogP contribution is -2.26. The molecule has 0 bridgehead atoms. The molecular weight excluding hydrogens is 386 g/mol. The van der Waals surface area contributed by atoms with E-state index >= 15 is 0 Å². The molecule has 3 aromatic rings. The molecule has 3 rings (SSSR count). The molecule has 1 amide bonds. The monoisotopic (exact) mass is 409 g/mol. The molecule has 1 heterocycles. The first kappa shape index (κ1) is 20.5. The number of anilines is 1. The van der Waals surface area contributed by atoms with Crippen LogP contribution in [0.5, 0.6) is 0 Å². The highest BCUT2D eigenvalue weighted by Gasteiger charge is 2.18. The van der Waals surface area contributed by atoms with Crippen molar-refractivity contribution in [1.82, 2.24) is 9.88 Å². The van der Waals surface area contributed by atoms with Crippen molar-refractivity contribution in [2.75, 3.05) is 11.8 Å². The first-order valence-electron chi connectivity index (χ1n) is 9.11. The average Bonchev–Trinajstić information content (AvgIpc) is 2.69. The minimum absolute atomic E-state index is 0.199. The normalized spacial score (nSPS) is 11.1. The van der Waals surface area contributed by atoms with Crippen molar-refractivity contribution in [3.8, 4) is 0 Å². The van der Waals surface area contributed by atoms with Gasteiger partial charge in [0.05, 0.1) is 4.90 Å². The third-order valence-corrected chi connectivity index (χ3v) is 6.03. The third-order valence-electron chi connectivity index (χ3n) is 4.51. The Balaban J connectivity index is 1.80. The van der Waals surface area contributed by atoms with Crippen molar-refractivity contribution in [2.24, 2.45) is 0 Å². The van der Waals surface area contributed by atoms with Gasteiger partial charge in [-0.1, -0.05) is 18.2 Å². The summed E-state index contributed by atoms with van der Waals surface area (Å²) in [6, 6.07) is 15.5. The number of nitrogens with one attached hydrogen (secondary N) is 1. The predicted molar refractivity (Wildman–Crippen MR) is 113 cm³/mol. The van der Waals surface area contributed by atoms with Crippen LogP contribution in [0.4, 0.5) is 5.69 Å². The van der Waals surface area contributed by atoms with Crippen molar-refractivity contribution in [1.29, 1.82) is 0 Å². The summed E-state index contributed by atoms with van der Waals surface area (Å²) in [7, 11) is -2.06. The van der Waals surface area contributed by atoms with E-state index in [9.17, 15) is 13.2 Å². The van der Waals surface area contributed by atoms with Gasteiger partial charge in [-0.05, 0) is 66.9 Å². The van der Waals surface area contributed by atoms with Gasteiger partial charge < -0.3 is 4.90 Å². The smallest absolute Gasteiger partial charge is 0.262 e. The molecule has 0 saturated carbocycles. The molecule has 6 nitrogen and oxygen atoms in total. The fraction of sp³-hybridized carbons (Fsp3) is 0.182. The topological polar surface area (TPSA) is 79.4 Å². The summed E-state index contributed by atoms with van der Waals surface area (Å²) in [4.78, 5) is 18.5. The maximum atomic E-state index is 12.8. The Labute approximate surface area is 171 Å². The zero-order valence-corrected chi connectivity index (χ0v) is 17.4. The molecule has 0 aliphatic heterocycles. The molecule has 150 valence electrons. The van der Waals surface area contributed by atoms with Crippen LogP contribution in [0, 0.1) is 13.8 Å². The van der Waals surface area contributed by atoms with Crippen molar-refractivity contribution in [3.05, 3.63) is 89.2 Å². The lowest BCUT2D eigenvalue weighted by molar-refractivity contribution is 0.0785. The van der Waals surface area contributed by atoms with Crippen LogP contribution in [0.3, 0.4) is 0 Å². The summed E-state index contributed by atoms with van der Waals surface area (Å²) in [5, 5.41) is 0. The zero-order valence-electron chi connectivity index (χ0n) is 16.6. The van der Waals surface area contributed by atoms with Crippen LogP contribution in [0.15, 0.2) is 71.9 Å². The molecule has 7 heteroatoms. The van der Waals surface area contributed by atoms with Crippen LogP contribution < -0.4 is 4.72 Å². The first-order valence-corrected chi connectivity index (χ1v) is 10.6.